The van der Waals surface area contributed by atoms with Crippen molar-refractivity contribution in [1.29, 1.82) is 0 Å². The highest BCUT2D eigenvalue weighted by atomic mass is 79.9. The maximum atomic E-state index is 11.9. The maximum Gasteiger partial charge on any atom is 0.240 e. The van der Waals surface area contributed by atoms with Crippen LogP contribution in [-0.2, 0) is 9.59 Å². The van der Waals surface area contributed by atoms with E-state index in [1.807, 2.05) is 6.92 Å². The zero-order valence-corrected chi connectivity index (χ0v) is 16.3. The molecule has 0 fully saturated rings. The summed E-state index contributed by atoms with van der Waals surface area (Å²) in [6.07, 6.45) is 1.35. The topological polar surface area (TPSA) is 100 Å². The number of halogens is 1. The predicted octanol–water partition coefficient (Wildman–Crippen LogP) is 3.42. The van der Waals surface area contributed by atoms with Crippen LogP contribution in [-0.4, -0.2) is 29.7 Å². The Labute approximate surface area is 165 Å². The monoisotopic (exact) mass is 433 g/mol. The van der Waals surface area contributed by atoms with Gasteiger partial charge in [0.25, 0.3) is 0 Å². The number of hydrogen-bond acceptors (Lipinski definition) is 5. The average Bonchev–Trinajstić information content (AvgIpc) is 2.65. The lowest BCUT2D eigenvalue weighted by molar-refractivity contribution is -0.124. The van der Waals surface area contributed by atoms with E-state index in [1.165, 1.54) is 12.3 Å². The number of nitrogens with one attached hydrogen (secondary N) is 2. The first kappa shape index (κ1) is 20.4. The number of hydrogen-bond donors (Lipinski definition) is 3. The van der Waals surface area contributed by atoms with Crippen molar-refractivity contribution >= 4 is 39.6 Å². The first-order valence-corrected chi connectivity index (χ1v) is 9.10. The Hall–Kier alpha value is -2.87. The smallest absolute Gasteiger partial charge is 0.240 e. The quantitative estimate of drug-likeness (QED) is 0.438. The molecule has 0 heterocycles. The molecule has 0 atom stereocenters. The SMILES string of the molecule is CCOc1ccc(NC(=O)CCC(=O)NN=Cc2cc(Br)ccc2O)cc1. The summed E-state index contributed by atoms with van der Waals surface area (Å²) in [6.45, 7) is 2.47. The molecule has 142 valence electrons. The van der Waals surface area contributed by atoms with Gasteiger partial charge in [0.2, 0.25) is 11.8 Å². The van der Waals surface area contributed by atoms with E-state index in [4.69, 9.17) is 4.74 Å². The van der Waals surface area contributed by atoms with Crippen LogP contribution in [0.3, 0.4) is 0 Å². The van der Waals surface area contributed by atoms with E-state index in [0.717, 1.165) is 10.2 Å². The summed E-state index contributed by atoms with van der Waals surface area (Å²) in [5.74, 6) is 0.0978. The Morgan fingerprint density at radius 3 is 2.56 bits per heavy atom. The molecule has 27 heavy (non-hydrogen) atoms. The molecule has 8 heteroatoms. The molecule has 0 unspecified atom stereocenters. The van der Waals surface area contributed by atoms with Crippen LogP contribution in [0.15, 0.2) is 52.0 Å². The fourth-order valence-corrected chi connectivity index (χ4v) is 2.49. The molecule has 3 N–H and O–H groups in total. The lowest BCUT2D eigenvalue weighted by Gasteiger charge is -2.07. The molecule has 2 aromatic carbocycles. The van der Waals surface area contributed by atoms with Gasteiger partial charge in [-0.15, -0.1) is 0 Å². The summed E-state index contributed by atoms with van der Waals surface area (Å²) in [4.78, 5) is 23.7. The van der Waals surface area contributed by atoms with E-state index in [2.05, 4.69) is 31.8 Å². The van der Waals surface area contributed by atoms with Crippen LogP contribution in [0.4, 0.5) is 5.69 Å². The maximum absolute atomic E-state index is 11.9. The van der Waals surface area contributed by atoms with Gasteiger partial charge < -0.3 is 15.2 Å². The van der Waals surface area contributed by atoms with Crippen molar-refractivity contribution in [3.8, 4) is 11.5 Å². The van der Waals surface area contributed by atoms with Gasteiger partial charge in [-0.3, -0.25) is 9.59 Å². The highest BCUT2D eigenvalue weighted by molar-refractivity contribution is 9.10. The number of benzene rings is 2. The van der Waals surface area contributed by atoms with Gasteiger partial charge >= 0.3 is 0 Å². The highest BCUT2D eigenvalue weighted by Gasteiger charge is 2.07. The first-order chi connectivity index (χ1) is 13.0. The van der Waals surface area contributed by atoms with Gasteiger partial charge in [0, 0.05) is 28.6 Å². The largest absolute Gasteiger partial charge is 0.507 e. The van der Waals surface area contributed by atoms with E-state index in [-0.39, 0.29) is 24.5 Å². The highest BCUT2D eigenvalue weighted by Crippen LogP contribution is 2.20. The molecule has 7 nitrogen and oxygen atoms in total. The molecule has 0 aliphatic heterocycles. The lowest BCUT2D eigenvalue weighted by Crippen LogP contribution is -2.20. The van der Waals surface area contributed by atoms with Crippen molar-refractivity contribution in [3.05, 3.63) is 52.5 Å². The van der Waals surface area contributed by atoms with Crippen molar-refractivity contribution in [2.75, 3.05) is 11.9 Å². The van der Waals surface area contributed by atoms with E-state index in [0.29, 0.717) is 17.9 Å². The fourth-order valence-electron chi connectivity index (χ4n) is 2.11. The third-order valence-corrected chi connectivity index (χ3v) is 3.90. The normalized spacial score (nSPS) is 10.6. The molecule has 0 saturated heterocycles. The summed E-state index contributed by atoms with van der Waals surface area (Å²) < 4.78 is 6.11. The molecular weight excluding hydrogens is 414 g/mol. The molecule has 2 rings (SSSR count). The van der Waals surface area contributed by atoms with Gasteiger partial charge in [0.1, 0.15) is 11.5 Å². The molecule has 0 bridgehead atoms. The Morgan fingerprint density at radius 1 is 1.15 bits per heavy atom. The van der Waals surface area contributed by atoms with Crippen LogP contribution < -0.4 is 15.5 Å². The number of amides is 2. The number of hydrazone groups is 1. The lowest BCUT2D eigenvalue weighted by atomic mass is 10.2. The molecule has 0 aromatic heterocycles. The molecule has 0 aliphatic carbocycles. The second kappa shape index (κ2) is 10.3. The van der Waals surface area contributed by atoms with E-state index < -0.39 is 5.91 Å². The number of rotatable bonds is 8. The van der Waals surface area contributed by atoms with Gasteiger partial charge in [0.15, 0.2) is 0 Å². The van der Waals surface area contributed by atoms with Crippen LogP contribution in [0.1, 0.15) is 25.3 Å². The van der Waals surface area contributed by atoms with Gasteiger partial charge in [-0.25, -0.2) is 5.43 Å². The number of aromatic hydroxyl groups is 1. The number of nitrogens with zero attached hydrogens (tertiary/aromatic N) is 1. The van der Waals surface area contributed by atoms with E-state index in [1.54, 1.807) is 36.4 Å². The fraction of sp³-hybridized carbons (Fsp3) is 0.211. The van der Waals surface area contributed by atoms with Crippen LogP contribution in [0.25, 0.3) is 0 Å². The van der Waals surface area contributed by atoms with Crippen LogP contribution in [0, 0.1) is 0 Å². The van der Waals surface area contributed by atoms with Crippen LogP contribution in [0.2, 0.25) is 0 Å². The summed E-state index contributed by atoms with van der Waals surface area (Å²) >= 11 is 3.29. The molecule has 0 spiro atoms. The second-order valence-corrected chi connectivity index (χ2v) is 6.42. The van der Waals surface area contributed by atoms with Crippen molar-refractivity contribution in [1.82, 2.24) is 5.43 Å². The molecule has 0 aliphatic rings. The third-order valence-electron chi connectivity index (χ3n) is 3.41. The third kappa shape index (κ3) is 7.10. The Bertz CT molecular complexity index is 822. The van der Waals surface area contributed by atoms with Crippen molar-refractivity contribution in [3.63, 3.8) is 0 Å². The van der Waals surface area contributed by atoms with Gasteiger partial charge in [-0.05, 0) is 49.4 Å². The van der Waals surface area contributed by atoms with Gasteiger partial charge in [-0.1, -0.05) is 15.9 Å². The summed E-state index contributed by atoms with van der Waals surface area (Å²) in [7, 11) is 0. The first-order valence-electron chi connectivity index (χ1n) is 8.31. The summed E-state index contributed by atoms with van der Waals surface area (Å²) in [5, 5.41) is 16.2. The molecule has 2 amide bonds. The minimum Gasteiger partial charge on any atom is -0.507 e. The average molecular weight is 434 g/mol. The standard InChI is InChI=1S/C19H20BrN3O4/c1-2-27-16-6-4-15(5-7-16)22-18(25)9-10-19(26)23-21-12-13-11-14(20)3-8-17(13)24/h3-8,11-12,24H,2,9-10H2,1H3,(H,22,25)(H,23,26). The number of carbonyl (C=O) groups is 2. The summed E-state index contributed by atoms with van der Waals surface area (Å²) in [6, 6.07) is 11.9. The van der Waals surface area contributed by atoms with E-state index >= 15 is 0 Å². The number of carbonyl (C=O) groups excluding carboxylic acids is 2. The Morgan fingerprint density at radius 2 is 1.85 bits per heavy atom. The van der Waals surface area contributed by atoms with Crippen molar-refractivity contribution in [2.45, 2.75) is 19.8 Å². The molecule has 0 saturated carbocycles. The van der Waals surface area contributed by atoms with Crippen molar-refractivity contribution < 1.29 is 19.4 Å². The van der Waals surface area contributed by atoms with Gasteiger partial charge in [-0.2, -0.15) is 5.10 Å². The zero-order valence-electron chi connectivity index (χ0n) is 14.7. The van der Waals surface area contributed by atoms with Crippen molar-refractivity contribution in [2.24, 2.45) is 5.10 Å². The van der Waals surface area contributed by atoms with E-state index in [9.17, 15) is 14.7 Å². The minimum absolute atomic E-state index is 0.00926. The second-order valence-electron chi connectivity index (χ2n) is 5.50. The van der Waals surface area contributed by atoms with Crippen LogP contribution in [0.5, 0.6) is 11.5 Å². The Balaban J connectivity index is 1.75. The number of phenolic OH excluding ortho intramolecular Hbond substituents is 1. The summed E-state index contributed by atoms with van der Waals surface area (Å²) in [5.41, 5.74) is 3.41. The predicted molar refractivity (Wildman–Crippen MR) is 107 cm³/mol. The van der Waals surface area contributed by atoms with Crippen LogP contribution >= 0.6 is 15.9 Å². The zero-order chi connectivity index (χ0) is 19.6. The molecule has 0 radical (unpaired) electrons. The molecular formula is C19H20BrN3O4. The number of anilines is 1. The number of phenols is 1. The minimum atomic E-state index is -0.400. The molecule has 2 aromatic rings. The Kier molecular flexibility index (Phi) is 7.81. The van der Waals surface area contributed by atoms with Gasteiger partial charge in [0.05, 0.1) is 12.8 Å². The number of ether oxygens (including phenoxy) is 1.